The number of aromatic nitrogens is 3. The van der Waals surface area contributed by atoms with Gasteiger partial charge < -0.3 is 10.4 Å². The molecule has 2 aromatic rings. The Hall–Kier alpha value is -1.75. The van der Waals surface area contributed by atoms with E-state index in [1.54, 1.807) is 0 Å². The minimum atomic E-state index is -0.261. The Morgan fingerprint density at radius 1 is 1.22 bits per heavy atom. The van der Waals surface area contributed by atoms with Gasteiger partial charge in [0.2, 0.25) is 5.95 Å². The van der Waals surface area contributed by atoms with Gasteiger partial charge in [0, 0.05) is 11.5 Å². The second-order valence-corrected chi connectivity index (χ2v) is 5.39. The van der Waals surface area contributed by atoms with Crippen LogP contribution in [0.2, 0.25) is 0 Å². The third-order valence-electron chi connectivity index (χ3n) is 3.88. The average Bonchev–Trinajstić information content (AvgIpc) is 2.38. The first-order valence-corrected chi connectivity index (χ1v) is 6.11. The molecule has 1 aromatic heterocycles. The van der Waals surface area contributed by atoms with Crippen molar-refractivity contribution < 1.29 is 5.11 Å². The van der Waals surface area contributed by atoms with Gasteiger partial charge >= 0.3 is 0 Å². The number of hydrogen-bond acceptors (Lipinski definition) is 5. The number of hydrogen-bond donors (Lipinski definition) is 2. The average molecular weight is 244 g/mol. The van der Waals surface area contributed by atoms with Crippen LogP contribution in [0.3, 0.4) is 0 Å². The molecule has 5 heteroatoms. The van der Waals surface area contributed by atoms with E-state index in [1.165, 1.54) is 0 Å². The topological polar surface area (TPSA) is 70.9 Å². The number of fused-ring (bicyclic) bond motifs is 1. The number of nitrogens with zero attached hydrogens (tertiary/aromatic N) is 3. The maximum absolute atomic E-state index is 9.70. The van der Waals surface area contributed by atoms with Crippen LogP contribution < -0.4 is 5.32 Å². The standard InChI is InChI=1S/C13H16N4O/c1-13(2)10(7-11(13)18)15-12-14-8-5-3-4-6-9(8)16-17-12/h3-6,10-11,18H,7H2,1-2H3,(H,14,15,17). The highest BCUT2D eigenvalue weighted by atomic mass is 16.3. The fourth-order valence-electron chi connectivity index (χ4n) is 2.25. The van der Waals surface area contributed by atoms with Gasteiger partial charge in [0.25, 0.3) is 0 Å². The van der Waals surface area contributed by atoms with Crippen LogP contribution in [0.5, 0.6) is 0 Å². The van der Waals surface area contributed by atoms with Gasteiger partial charge in [-0.05, 0) is 18.6 Å². The summed E-state index contributed by atoms with van der Waals surface area (Å²) in [6, 6.07) is 7.83. The highest BCUT2D eigenvalue weighted by molar-refractivity contribution is 5.74. The number of aliphatic hydroxyl groups excluding tert-OH is 1. The predicted molar refractivity (Wildman–Crippen MR) is 69.1 cm³/mol. The van der Waals surface area contributed by atoms with Crippen LogP contribution in [0.1, 0.15) is 20.3 Å². The monoisotopic (exact) mass is 244 g/mol. The molecule has 2 N–H and O–H groups in total. The Morgan fingerprint density at radius 3 is 2.61 bits per heavy atom. The summed E-state index contributed by atoms with van der Waals surface area (Å²) in [4.78, 5) is 4.42. The molecule has 5 nitrogen and oxygen atoms in total. The summed E-state index contributed by atoms with van der Waals surface area (Å²) in [6.45, 7) is 4.07. The van der Waals surface area contributed by atoms with E-state index in [0.29, 0.717) is 5.95 Å². The molecule has 2 unspecified atom stereocenters. The van der Waals surface area contributed by atoms with E-state index in [0.717, 1.165) is 17.5 Å². The predicted octanol–water partition coefficient (Wildman–Crippen LogP) is 1.60. The Labute approximate surface area is 105 Å². The Morgan fingerprint density at radius 2 is 1.94 bits per heavy atom. The molecule has 1 aliphatic rings. The molecule has 18 heavy (non-hydrogen) atoms. The molecule has 94 valence electrons. The molecule has 2 atom stereocenters. The summed E-state index contributed by atoms with van der Waals surface area (Å²) in [5.41, 5.74) is 1.47. The number of rotatable bonds is 2. The first-order valence-electron chi connectivity index (χ1n) is 6.11. The SMILES string of the molecule is CC1(C)C(O)CC1Nc1nnc2ccccc2n1. The molecule has 0 radical (unpaired) electrons. The lowest BCUT2D eigenvalue weighted by Crippen LogP contribution is -2.57. The summed E-state index contributed by atoms with van der Waals surface area (Å²) in [5.74, 6) is 0.527. The van der Waals surface area contributed by atoms with E-state index in [9.17, 15) is 5.11 Å². The molecule has 1 heterocycles. The van der Waals surface area contributed by atoms with E-state index in [4.69, 9.17) is 0 Å². The van der Waals surface area contributed by atoms with Gasteiger partial charge in [-0.1, -0.05) is 26.0 Å². The zero-order chi connectivity index (χ0) is 12.8. The summed E-state index contributed by atoms with van der Waals surface area (Å²) >= 11 is 0. The van der Waals surface area contributed by atoms with Gasteiger partial charge in [-0.3, -0.25) is 0 Å². The second kappa shape index (κ2) is 3.88. The van der Waals surface area contributed by atoms with Crippen LogP contribution in [0, 0.1) is 5.41 Å². The van der Waals surface area contributed by atoms with Crippen LogP contribution in [0.25, 0.3) is 11.0 Å². The first kappa shape index (κ1) is 11.3. The van der Waals surface area contributed by atoms with E-state index >= 15 is 0 Å². The second-order valence-electron chi connectivity index (χ2n) is 5.39. The summed E-state index contributed by atoms with van der Waals surface area (Å²) < 4.78 is 0. The lowest BCUT2D eigenvalue weighted by Gasteiger charge is -2.49. The van der Waals surface area contributed by atoms with Gasteiger partial charge in [0.05, 0.1) is 11.6 Å². The smallest absolute Gasteiger partial charge is 0.243 e. The number of nitrogens with one attached hydrogen (secondary N) is 1. The zero-order valence-electron chi connectivity index (χ0n) is 10.5. The molecule has 0 spiro atoms. The van der Waals surface area contributed by atoms with Crippen molar-refractivity contribution in [2.45, 2.75) is 32.4 Å². The fraction of sp³-hybridized carbons (Fsp3) is 0.462. The van der Waals surface area contributed by atoms with Crippen LogP contribution in [-0.4, -0.2) is 32.4 Å². The fourth-order valence-corrected chi connectivity index (χ4v) is 2.25. The maximum atomic E-state index is 9.70. The van der Waals surface area contributed by atoms with Gasteiger partial charge in [0.1, 0.15) is 5.52 Å². The summed E-state index contributed by atoms with van der Waals surface area (Å²) in [6.07, 6.45) is 0.465. The van der Waals surface area contributed by atoms with E-state index in [1.807, 2.05) is 38.1 Å². The highest BCUT2D eigenvalue weighted by Crippen LogP contribution is 2.41. The van der Waals surface area contributed by atoms with Crippen molar-refractivity contribution in [1.82, 2.24) is 15.2 Å². The third-order valence-corrected chi connectivity index (χ3v) is 3.88. The van der Waals surface area contributed by atoms with Crippen molar-refractivity contribution in [2.24, 2.45) is 5.41 Å². The van der Waals surface area contributed by atoms with Crippen molar-refractivity contribution >= 4 is 17.0 Å². The van der Waals surface area contributed by atoms with Gasteiger partial charge in [-0.15, -0.1) is 10.2 Å². The third kappa shape index (κ3) is 1.71. The van der Waals surface area contributed by atoms with Crippen molar-refractivity contribution in [2.75, 3.05) is 5.32 Å². The molecule has 1 saturated carbocycles. The zero-order valence-corrected chi connectivity index (χ0v) is 10.5. The number of benzene rings is 1. The van der Waals surface area contributed by atoms with E-state index in [2.05, 4.69) is 20.5 Å². The Balaban J connectivity index is 1.83. The molecule has 0 aliphatic heterocycles. The maximum Gasteiger partial charge on any atom is 0.243 e. The molecule has 1 fully saturated rings. The quantitative estimate of drug-likeness (QED) is 0.839. The van der Waals surface area contributed by atoms with E-state index in [-0.39, 0.29) is 17.6 Å². The minimum Gasteiger partial charge on any atom is -0.392 e. The van der Waals surface area contributed by atoms with Gasteiger partial charge in [-0.2, -0.15) is 0 Å². The minimum absolute atomic E-state index is 0.144. The lowest BCUT2D eigenvalue weighted by molar-refractivity contribution is -0.0513. The Bertz CT molecular complexity index is 584. The Kier molecular flexibility index (Phi) is 2.45. The first-order chi connectivity index (χ1) is 8.57. The van der Waals surface area contributed by atoms with Crippen molar-refractivity contribution in [1.29, 1.82) is 0 Å². The lowest BCUT2D eigenvalue weighted by atomic mass is 9.65. The van der Waals surface area contributed by atoms with Crippen molar-refractivity contribution in [3.05, 3.63) is 24.3 Å². The number of anilines is 1. The summed E-state index contributed by atoms with van der Waals surface area (Å²) in [5, 5.41) is 21.1. The van der Waals surface area contributed by atoms with Gasteiger partial charge in [0.15, 0.2) is 0 Å². The molecule has 1 aliphatic carbocycles. The van der Waals surface area contributed by atoms with Crippen LogP contribution in [-0.2, 0) is 0 Å². The van der Waals surface area contributed by atoms with Crippen LogP contribution in [0.15, 0.2) is 24.3 Å². The molecule has 1 aromatic carbocycles. The summed E-state index contributed by atoms with van der Waals surface area (Å²) in [7, 11) is 0. The van der Waals surface area contributed by atoms with Crippen LogP contribution in [0.4, 0.5) is 5.95 Å². The van der Waals surface area contributed by atoms with Gasteiger partial charge in [-0.25, -0.2) is 4.98 Å². The molecular formula is C13H16N4O. The molecule has 0 amide bonds. The number of aliphatic hydroxyl groups is 1. The van der Waals surface area contributed by atoms with Crippen molar-refractivity contribution in [3.63, 3.8) is 0 Å². The highest BCUT2D eigenvalue weighted by Gasteiger charge is 2.47. The van der Waals surface area contributed by atoms with Crippen molar-refractivity contribution in [3.8, 4) is 0 Å². The largest absolute Gasteiger partial charge is 0.392 e. The molecule has 0 bridgehead atoms. The number of para-hydroxylation sites is 1. The molecular weight excluding hydrogens is 228 g/mol. The molecule has 3 rings (SSSR count). The van der Waals surface area contributed by atoms with E-state index < -0.39 is 0 Å². The molecule has 0 saturated heterocycles. The normalized spacial score (nSPS) is 25.7. The van der Waals surface area contributed by atoms with Crippen LogP contribution >= 0.6 is 0 Å².